The molecule has 1 aromatic rings. The van der Waals surface area contributed by atoms with Crippen molar-refractivity contribution < 1.29 is 86.7 Å². The van der Waals surface area contributed by atoms with Gasteiger partial charge in [-0.2, -0.15) is 0 Å². The van der Waals surface area contributed by atoms with Gasteiger partial charge in [-0.25, -0.2) is 8.42 Å². The minimum absolute atomic E-state index is 0. The van der Waals surface area contributed by atoms with Crippen molar-refractivity contribution in [3.8, 4) is 5.75 Å². The molecule has 0 aliphatic heterocycles. The van der Waals surface area contributed by atoms with E-state index in [1.165, 1.54) is 19.1 Å². The Bertz CT molecular complexity index is 514. The van der Waals surface area contributed by atoms with Gasteiger partial charge in [0.2, 0.25) is 0 Å². The summed E-state index contributed by atoms with van der Waals surface area (Å²) < 4.78 is 37.1. The van der Waals surface area contributed by atoms with Gasteiger partial charge in [0.05, 0.1) is 10.9 Å². The molecule has 18 heavy (non-hydrogen) atoms. The van der Waals surface area contributed by atoms with Crippen LogP contribution in [0.1, 0.15) is 5.56 Å². The first kappa shape index (κ1) is 20.7. The Hall–Kier alpha value is 0.400. The molecule has 0 amide bonds. The number of rotatable bonds is 4. The fourth-order valence-electron chi connectivity index (χ4n) is 1.08. The monoisotopic (exact) mass is 290 g/mol. The molecule has 0 spiro atoms. The first-order valence-corrected chi connectivity index (χ1v) is 5.61. The van der Waals surface area contributed by atoms with E-state index in [-0.39, 0.29) is 70.4 Å². The Morgan fingerprint density at radius 3 is 2.33 bits per heavy atom. The van der Waals surface area contributed by atoms with Crippen molar-refractivity contribution in [3.05, 3.63) is 23.8 Å². The fourth-order valence-corrected chi connectivity index (χ4v) is 1.80. The Morgan fingerprint density at radius 2 is 1.89 bits per heavy atom. The molecule has 9 heteroatoms. The molecule has 0 bridgehead atoms. The van der Waals surface area contributed by atoms with Crippen molar-refractivity contribution in [1.29, 1.82) is 0 Å². The van der Waals surface area contributed by atoms with E-state index in [1.807, 2.05) is 0 Å². The average molecular weight is 290 g/mol. The number of benzene rings is 1. The van der Waals surface area contributed by atoms with Gasteiger partial charge in [0.25, 0.3) is 0 Å². The molecule has 0 fully saturated rings. The maximum atomic E-state index is 10.8. The normalized spacial score (nSPS) is 9.89. The first-order valence-electron chi connectivity index (χ1n) is 4.20. The second-order valence-electron chi connectivity index (χ2n) is 3.04. The molecule has 0 saturated heterocycles. The Balaban J connectivity index is 0. The zero-order valence-electron chi connectivity index (χ0n) is 10.3. The summed E-state index contributed by atoms with van der Waals surface area (Å²) in [6.45, 7) is 0.745. The van der Waals surface area contributed by atoms with Gasteiger partial charge in [0.1, 0.15) is 22.5 Å². The number of ether oxygens (including phenoxy) is 1. The van der Waals surface area contributed by atoms with Gasteiger partial charge in [0.15, 0.2) is 0 Å². The molecule has 0 saturated carbocycles. The molecule has 6 nitrogen and oxygen atoms in total. The Kier molecular flexibility index (Phi) is 9.83. The van der Waals surface area contributed by atoms with E-state index in [9.17, 15) is 22.9 Å². The predicted octanol–water partition coefficient (Wildman–Crippen LogP) is -6.96. The quantitative estimate of drug-likeness (QED) is 0.403. The van der Waals surface area contributed by atoms with E-state index in [0.717, 1.165) is 6.07 Å². The van der Waals surface area contributed by atoms with Crippen LogP contribution in [0.3, 0.4) is 0 Å². The molecule has 0 heterocycles. The van der Waals surface area contributed by atoms with Crippen LogP contribution < -0.4 is 69.0 Å². The van der Waals surface area contributed by atoms with Crippen molar-refractivity contribution in [3.63, 3.8) is 0 Å². The molecule has 0 N–H and O–H groups in total. The van der Waals surface area contributed by atoms with Crippen LogP contribution in [-0.2, 0) is 14.9 Å². The Morgan fingerprint density at radius 1 is 1.33 bits per heavy atom. The number of hydrogen-bond donors (Lipinski definition) is 0. The number of carbonyl (C=O) groups is 1. The van der Waals surface area contributed by atoms with Gasteiger partial charge < -0.3 is 19.2 Å². The van der Waals surface area contributed by atoms with Crippen LogP contribution in [-0.4, -0.2) is 25.5 Å². The van der Waals surface area contributed by atoms with Crippen LogP contribution in [0.25, 0.3) is 0 Å². The minimum Gasteiger partial charge on any atom is -0.744 e. The van der Waals surface area contributed by atoms with E-state index in [1.54, 1.807) is 0 Å². The van der Waals surface area contributed by atoms with Crippen molar-refractivity contribution >= 4 is 16.1 Å². The molecule has 0 aliphatic carbocycles. The second kappa shape index (κ2) is 8.55. The van der Waals surface area contributed by atoms with Gasteiger partial charge in [-0.15, -0.1) is 0 Å². The van der Waals surface area contributed by atoms with E-state index >= 15 is 0 Å². The molecular formula is C9H8Na2O6S. The van der Waals surface area contributed by atoms with Crippen LogP contribution in [0.2, 0.25) is 0 Å². The molecule has 1 aromatic carbocycles. The topological polar surface area (TPSA) is 107 Å². The molecule has 0 aliphatic rings. The third-order valence-electron chi connectivity index (χ3n) is 1.79. The van der Waals surface area contributed by atoms with Crippen molar-refractivity contribution in [2.75, 3.05) is 6.61 Å². The van der Waals surface area contributed by atoms with Gasteiger partial charge in [-0.3, -0.25) is 0 Å². The number of carbonyl (C=O) groups excluding carboxylic acids is 1. The third-order valence-corrected chi connectivity index (χ3v) is 2.76. The summed E-state index contributed by atoms with van der Waals surface area (Å²) in [5, 5.41) is 10.1. The number of aliphatic carboxylic acids is 1. The first-order chi connectivity index (χ1) is 7.30. The van der Waals surface area contributed by atoms with E-state index in [4.69, 9.17) is 4.74 Å². The number of carboxylic acid groups (broad SMARTS) is 1. The maximum Gasteiger partial charge on any atom is 1.00 e. The molecule has 0 aromatic heterocycles. The smallest absolute Gasteiger partial charge is 0.744 e. The van der Waals surface area contributed by atoms with E-state index in [2.05, 4.69) is 0 Å². The van der Waals surface area contributed by atoms with Crippen molar-refractivity contribution in [1.82, 2.24) is 0 Å². The fraction of sp³-hybridized carbons (Fsp3) is 0.222. The van der Waals surface area contributed by atoms with Crippen LogP contribution in [0.5, 0.6) is 5.75 Å². The van der Waals surface area contributed by atoms with Gasteiger partial charge >= 0.3 is 59.1 Å². The zero-order chi connectivity index (χ0) is 12.3. The zero-order valence-corrected chi connectivity index (χ0v) is 15.1. The van der Waals surface area contributed by atoms with Crippen molar-refractivity contribution in [2.45, 2.75) is 11.8 Å². The SMILES string of the molecule is Cc1ccc(OCC(=O)[O-])cc1S(=O)(=O)[O-].[Na+].[Na+]. The molecule has 0 atom stereocenters. The molecule has 0 unspecified atom stereocenters. The number of carboxylic acids is 1. The van der Waals surface area contributed by atoms with Crippen LogP contribution in [0.4, 0.5) is 0 Å². The minimum atomic E-state index is -4.59. The third kappa shape index (κ3) is 6.53. The van der Waals surface area contributed by atoms with Crippen LogP contribution >= 0.6 is 0 Å². The van der Waals surface area contributed by atoms with Gasteiger partial charge in [-0.05, 0) is 24.6 Å². The summed E-state index contributed by atoms with van der Waals surface area (Å²) >= 11 is 0. The number of hydrogen-bond acceptors (Lipinski definition) is 6. The van der Waals surface area contributed by atoms with Crippen molar-refractivity contribution in [2.24, 2.45) is 0 Å². The summed E-state index contributed by atoms with van der Waals surface area (Å²) in [6.07, 6.45) is 0. The summed E-state index contributed by atoms with van der Waals surface area (Å²) in [7, 11) is -4.59. The van der Waals surface area contributed by atoms with E-state index < -0.39 is 27.6 Å². The van der Waals surface area contributed by atoms with Gasteiger partial charge in [0, 0.05) is 0 Å². The van der Waals surface area contributed by atoms with Gasteiger partial charge in [-0.1, -0.05) is 6.07 Å². The Labute approximate surface area is 149 Å². The molecule has 1 rings (SSSR count). The molecule has 88 valence electrons. The number of aryl methyl sites for hydroxylation is 1. The summed E-state index contributed by atoms with van der Waals surface area (Å²) in [4.78, 5) is 9.68. The summed E-state index contributed by atoms with van der Waals surface area (Å²) in [6, 6.07) is 3.71. The largest absolute Gasteiger partial charge is 1.00 e. The van der Waals surface area contributed by atoms with Crippen LogP contribution in [0.15, 0.2) is 23.1 Å². The van der Waals surface area contributed by atoms with Crippen LogP contribution in [0, 0.1) is 6.92 Å². The predicted molar refractivity (Wildman–Crippen MR) is 49.6 cm³/mol. The second-order valence-corrected chi connectivity index (χ2v) is 4.39. The summed E-state index contributed by atoms with van der Waals surface area (Å²) in [5.74, 6) is -1.45. The average Bonchev–Trinajstić information content (AvgIpc) is 2.14. The molecule has 0 radical (unpaired) electrons. The maximum absolute atomic E-state index is 10.8. The standard InChI is InChI=1S/C9H10O6S.2Na/c1-6-2-3-7(15-5-9(10)11)4-8(6)16(12,13)14;;/h2-4H,5H2,1H3,(H,10,11)(H,12,13,14);;/q;2*+1/p-2. The summed E-state index contributed by atoms with van der Waals surface area (Å²) in [5.41, 5.74) is 0.274. The molecular weight excluding hydrogens is 282 g/mol. The van der Waals surface area contributed by atoms with E-state index in [0.29, 0.717) is 0 Å².